The summed E-state index contributed by atoms with van der Waals surface area (Å²) < 4.78 is 13.9. The lowest BCUT2D eigenvalue weighted by molar-refractivity contribution is 0.0492. The molecule has 3 fully saturated rings. The second-order valence-electron chi connectivity index (χ2n) is 7.19. The Hall–Kier alpha value is -1.13. The zero-order valence-electron chi connectivity index (χ0n) is 13.2. The largest absolute Gasteiger partial charge is 0.336 e. The number of carbonyl (C=O) groups excluding carboxylic acids is 1. The first-order chi connectivity index (χ1) is 11.1. The number of carbonyl (C=O) groups is 1. The summed E-state index contributed by atoms with van der Waals surface area (Å²) >= 11 is 5.76. The van der Waals surface area contributed by atoms with E-state index in [-0.39, 0.29) is 11.5 Å². The molecule has 5 heteroatoms. The Morgan fingerprint density at radius 3 is 2.52 bits per heavy atom. The lowest BCUT2D eigenvalue weighted by atomic mass is 9.93. The van der Waals surface area contributed by atoms with Crippen LogP contribution < -0.4 is 0 Å². The van der Waals surface area contributed by atoms with Crippen LogP contribution in [0.1, 0.15) is 36.0 Å². The van der Waals surface area contributed by atoms with Crippen molar-refractivity contribution < 1.29 is 9.18 Å². The Kier molecular flexibility index (Phi) is 4.06. The van der Waals surface area contributed by atoms with Gasteiger partial charge in [0.2, 0.25) is 0 Å². The second-order valence-corrected chi connectivity index (χ2v) is 7.63. The summed E-state index contributed by atoms with van der Waals surface area (Å²) in [5.41, 5.74) is 0.128. The maximum absolute atomic E-state index is 13.9. The number of benzene rings is 1. The maximum Gasteiger partial charge on any atom is 0.256 e. The van der Waals surface area contributed by atoms with E-state index in [1.54, 1.807) is 11.0 Å². The van der Waals surface area contributed by atoms with Crippen molar-refractivity contribution in [3.8, 4) is 0 Å². The van der Waals surface area contributed by atoms with Gasteiger partial charge in [-0.25, -0.2) is 4.39 Å². The Morgan fingerprint density at radius 2 is 1.91 bits per heavy atom. The van der Waals surface area contributed by atoms with Gasteiger partial charge in [0.05, 0.1) is 5.56 Å². The van der Waals surface area contributed by atoms with Gasteiger partial charge in [0, 0.05) is 37.2 Å². The molecule has 0 radical (unpaired) electrons. The van der Waals surface area contributed by atoms with Crippen molar-refractivity contribution in [3.63, 3.8) is 0 Å². The first-order valence-electron chi connectivity index (χ1n) is 8.60. The van der Waals surface area contributed by atoms with Gasteiger partial charge in [0.1, 0.15) is 5.82 Å². The van der Waals surface area contributed by atoms with Crippen LogP contribution in [-0.2, 0) is 0 Å². The Morgan fingerprint density at radius 1 is 1.13 bits per heavy atom. The summed E-state index contributed by atoms with van der Waals surface area (Å²) in [6.45, 7) is 3.20. The quantitative estimate of drug-likeness (QED) is 0.826. The molecular weight excluding hydrogens is 315 g/mol. The van der Waals surface area contributed by atoms with Crippen molar-refractivity contribution in [3.05, 3.63) is 34.6 Å². The molecule has 2 saturated carbocycles. The van der Waals surface area contributed by atoms with Crippen LogP contribution in [0.2, 0.25) is 5.02 Å². The monoisotopic (exact) mass is 336 g/mol. The molecule has 4 rings (SSSR count). The van der Waals surface area contributed by atoms with E-state index in [0.717, 1.165) is 31.0 Å². The van der Waals surface area contributed by atoms with Gasteiger partial charge in [-0.15, -0.1) is 0 Å². The first-order valence-corrected chi connectivity index (χ1v) is 8.98. The number of halogens is 2. The fourth-order valence-corrected chi connectivity index (χ4v) is 4.91. The van der Waals surface area contributed by atoms with Crippen LogP contribution in [0, 0.1) is 17.7 Å². The SMILES string of the molecule is O=C(c1ccc(Cl)cc1F)N1CCN(C2CC3CCC2C3)CC1. The molecule has 1 saturated heterocycles. The van der Waals surface area contributed by atoms with Gasteiger partial charge in [0.15, 0.2) is 0 Å². The molecule has 3 atom stereocenters. The van der Waals surface area contributed by atoms with Crippen LogP contribution in [0.25, 0.3) is 0 Å². The van der Waals surface area contributed by atoms with Crippen LogP contribution in [0.5, 0.6) is 0 Å². The van der Waals surface area contributed by atoms with Gasteiger partial charge in [-0.3, -0.25) is 9.69 Å². The van der Waals surface area contributed by atoms with Crippen LogP contribution in [0.3, 0.4) is 0 Å². The molecule has 3 nitrogen and oxygen atoms in total. The van der Waals surface area contributed by atoms with E-state index in [2.05, 4.69) is 4.90 Å². The third-order valence-electron chi connectivity index (χ3n) is 5.93. The Labute approximate surface area is 141 Å². The maximum atomic E-state index is 13.9. The average Bonchev–Trinajstić information content (AvgIpc) is 3.17. The molecule has 3 aliphatic rings. The molecule has 1 aromatic rings. The lowest BCUT2D eigenvalue weighted by Crippen LogP contribution is -2.53. The normalized spacial score (nSPS) is 30.9. The smallest absolute Gasteiger partial charge is 0.256 e. The highest BCUT2D eigenvalue weighted by Crippen LogP contribution is 2.46. The van der Waals surface area contributed by atoms with Gasteiger partial charge in [0.25, 0.3) is 5.91 Å². The predicted molar refractivity (Wildman–Crippen MR) is 88.1 cm³/mol. The second kappa shape index (κ2) is 6.06. The molecule has 0 aromatic heterocycles. The highest BCUT2D eigenvalue weighted by molar-refractivity contribution is 6.30. The topological polar surface area (TPSA) is 23.6 Å². The fraction of sp³-hybridized carbons (Fsp3) is 0.611. The number of amides is 1. The molecule has 2 aliphatic carbocycles. The number of piperazine rings is 1. The van der Waals surface area contributed by atoms with Crippen LogP contribution >= 0.6 is 11.6 Å². The van der Waals surface area contributed by atoms with E-state index >= 15 is 0 Å². The minimum absolute atomic E-state index is 0.128. The molecule has 1 amide bonds. The number of hydrogen-bond donors (Lipinski definition) is 0. The standard InChI is InChI=1S/C18H22ClFN2O/c19-14-3-4-15(16(20)11-14)18(23)22-7-5-21(6-8-22)17-10-12-1-2-13(17)9-12/h3-4,11-13,17H,1-2,5-10H2. The van der Waals surface area contributed by atoms with Crippen molar-refractivity contribution in [2.75, 3.05) is 26.2 Å². The zero-order valence-corrected chi connectivity index (χ0v) is 13.9. The summed E-state index contributed by atoms with van der Waals surface area (Å²) in [6, 6.07) is 4.99. The number of hydrogen-bond acceptors (Lipinski definition) is 2. The van der Waals surface area contributed by atoms with E-state index in [1.165, 1.54) is 37.8 Å². The summed E-state index contributed by atoms with van der Waals surface area (Å²) in [6.07, 6.45) is 5.53. The summed E-state index contributed by atoms with van der Waals surface area (Å²) in [4.78, 5) is 16.8. The molecule has 1 aromatic carbocycles. The van der Waals surface area contributed by atoms with Crippen molar-refractivity contribution in [2.24, 2.45) is 11.8 Å². The minimum atomic E-state index is -0.530. The van der Waals surface area contributed by atoms with E-state index in [0.29, 0.717) is 18.1 Å². The lowest BCUT2D eigenvalue weighted by Gasteiger charge is -2.41. The number of rotatable bonds is 2. The van der Waals surface area contributed by atoms with Gasteiger partial charge in [-0.1, -0.05) is 18.0 Å². The molecule has 0 spiro atoms. The predicted octanol–water partition coefficient (Wildman–Crippen LogP) is 3.43. The summed E-state index contributed by atoms with van der Waals surface area (Å²) in [7, 11) is 0. The molecule has 2 bridgehead atoms. The van der Waals surface area contributed by atoms with E-state index in [4.69, 9.17) is 11.6 Å². The molecule has 0 N–H and O–H groups in total. The summed E-state index contributed by atoms with van der Waals surface area (Å²) in [5.74, 6) is 1.06. The molecule has 124 valence electrons. The van der Waals surface area contributed by atoms with Crippen molar-refractivity contribution in [2.45, 2.75) is 31.7 Å². The molecule has 23 heavy (non-hydrogen) atoms. The van der Waals surface area contributed by atoms with Gasteiger partial charge in [-0.2, -0.15) is 0 Å². The van der Waals surface area contributed by atoms with Gasteiger partial charge < -0.3 is 4.90 Å². The highest BCUT2D eigenvalue weighted by Gasteiger charge is 2.43. The number of fused-ring (bicyclic) bond motifs is 2. The highest BCUT2D eigenvalue weighted by atomic mass is 35.5. The Bertz CT molecular complexity index is 615. The molecular formula is C18H22ClFN2O. The van der Waals surface area contributed by atoms with Crippen LogP contribution in [0.15, 0.2) is 18.2 Å². The zero-order chi connectivity index (χ0) is 16.0. The van der Waals surface area contributed by atoms with Crippen molar-refractivity contribution in [1.29, 1.82) is 0 Å². The van der Waals surface area contributed by atoms with Crippen LogP contribution in [-0.4, -0.2) is 47.9 Å². The van der Waals surface area contributed by atoms with E-state index in [9.17, 15) is 9.18 Å². The summed E-state index contributed by atoms with van der Waals surface area (Å²) in [5, 5.41) is 0.320. The Balaban J connectivity index is 1.38. The van der Waals surface area contributed by atoms with Crippen molar-refractivity contribution in [1.82, 2.24) is 9.80 Å². The number of nitrogens with zero attached hydrogens (tertiary/aromatic N) is 2. The third-order valence-corrected chi connectivity index (χ3v) is 6.17. The molecule has 1 aliphatic heterocycles. The van der Waals surface area contributed by atoms with Gasteiger partial charge in [-0.05, 0) is 49.3 Å². The average molecular weight is 337 g/mol. The molecule has 3 unspecified atom stereocenters. The fourth-order valence-electron chi connectivity index (χ4n) is 4.75. The third kappa shape index (κ3) is 2.87. The van der Waals surface area contributed by atoms with Gasteiger partial charge >= 0.3 is 0 Å². The molecule has 1 heterocycles. The van der Waals surface area contributed by atoms with Crippen LogP contribution in [0.4, 0.5) is 4.39 Å². The van der Waals surface area contributed by atoms with E-state index in [1.807, 2.05) is 0 Å². The first kappa shape index (κ1) is 15.4. The minimum Gasteiger partial charge on any atom is -0.336 e. The van der Waals surface area contributed by atoms with E-state index < -0.39 is 5.82 Å². The van der Waals surface area contributed by atoms with Crippen molar-refractivity contribution >= 4 is 17.5 Å².